The zero-order chi connectivity index (χ0) is 10.2. The summed E-state index contributed by atoms with van der Waals surface area (Å²) < 4.78 is 0. The normalized spacial score (nSPS) is 52.2. The molecule has 6 nitrogen and oxygen atoms in total. The van der Waals surface area contributed by atoms with E-state index in [1.807, 2.05) is 0 Å². The van der Waals surface area contributed by atoms with Crippen molar-refractivity contribution >= 4 is 0 Å². The molecular weight excluding hydrogens is 178 g/mol. The quantitative estimate of drug-likeness (QED) is 0.257. The molecule has 1 saturated carbocycles. The van der Waals surface area contributed by atoms with Crippen LogP contribution in [0, 0.1) is 0 Å². The van der Waals surface area contributed by atoms with Gasteiger partial charge in [-0.25, -0.2) is 0 Å². The number of aliphatic hydroxyl groups excluding tert-OH is 4. The highest BCUT2D eigenvalue weighted by Crippen LogP contribution is 2.28. The molecule has 0 bridgehead atoms. The van der Waals surface area contributed by atoms with Crippen LogP contribution in [-0.2, 0) is 0 Å². The minimum absolute atomic E-state index is 0.150. The van der Waals surface area contributed by atoms with Gasteiger partial charge in [-0.1, -0.05) is 0 Å². The van der Waals surface area contributed by atoms with E-state index in [4.69, 9.17) is 10.8 Å². The highest BCUT2D eigenvalue weighted by atomic mass is 16.4. The number of nitrogens with two attached hydrogens (primary N) is 1. The molecule has 7 N–H and O–H groups in total. The molecule has 0 aliphatic heterocycles. The monoisotopic (exact) mass is 193 g/mol. The predicted molar refractivity (Wildman–Crippen MR) is 42.6 cm³/mol. The molecular formula is C7H15NO5. The molecule has 0 amide bonds. The van der Waals surface area contributed by atoms with Crippen LogP contribution in [-0.4, -0.2) is 62.1 Å². The summed E-state index contributed by atoms with van der Waals surface area (Å²) in [5.41, 5.74) is 3.57. The first kappa shape index (κ1) is 10.8. The highest BCUT2D eigenvalue weighted by Gasteiger charge is 2.49. The average Bonchev–Trinajstić information content (AvgIpc) is 2.12. The Kier molecular flexibility index (Phi) is 2.91. The maximum Gasteiger partial charge on any atom is 0.118 e. The van der Waals surface area contributed by atoms with Gasteiger partial charge < -0.3 is 31.3 Å². The van der Waals surface area contributed by atoms with Gasteiger partial charge >= 0.3 is 0 Å². The van der Waals surface area contributed by atoms with Crippen molar-refractivity contribution in [2.45, 2.75) is 36.4 Å². The maximum absolute atomic E-state index is 9.56. The minimum atomic E-state index is -1.82. The maximum atomic E-state index is 9.56. The summed E-state index contributed by atoms with van der Waals surface area (Å²) >= 11 is 0. The Morgan fingerprint density at radius 2 is 1.77 bits per heavy atom. The summed E-state index contributed by atoms with van der Waals surface area (Å²) in [6, 6.07) is -0.851. The van der Waals surface area contributed by atoms with Crippen molar-refractivity contribution in [1.29, 1.82) is 0 Å². The van der Waals surface area contributed by atoms with Crippen LogP contribution in [0.2, 0.25) is 0 Å². The van der Waals surface area contributed by atoms with Gasteiger partial charge in [-0.2, -0.15) is 0 Å². The van der Waals surface area contributed by atoms with Crippen LogP contribution in [0.3, 0.4) is 0 Å². The van der Waals surface area contributed by atoms with Gasteiger partial charge in [0.2, 0.25) is 0 Å². The Hall–Kier alpha value is -0.240. The lowest BCUT2D eigenvalue weighted by Gasteiger charge is -2.43. The lowest BCUT2D eigenvalue weighted by molar-refractivity contribution is -0.203. The van der Waals surface area contributed by atoms with Gasteiger partial charge in [0.05, 0.1) is 12.7 Å². The second-order valence-corrected chi connectivity index (χ2v) is 3.56. The van der Waals surface area contributed by atoms with Crippen LogP contribution in [0.15, 0.2) is 0 Å². The number of aliphatic hydroxyl groups is 5. The first-order chi connectivity index (χ1) is 5.92. The topological polar surface area (TPSA) is 127 Å². The Labute approximate surface area is 75.2 Å². The largest absolute Gasteiger partial charge is 0.393 e. The SMILES string of the molecule is N[C@@H]1C[C@@](O)(CO)[C@H](O)[C@@H](O)[C@@H]1O. The second kappa shape index (κ2) is 3.49. The van der Waals surface area contributed by atoms with E-state index in [9.17, 15) is 20.4 Å². The minimum Gasteiger partial charge on any atom is -0.393 e. The van der Waals surface area contributed by atoms with Crippen LogP contribution >= 0.6 is 0 Å². The van der Waals surface area contributed by atoms with Gasteiger partial charge in [-0.15, -0.1) is 0 Å². The summed E-state index contributed by atoms with van der Waals surface area (Å²) in [4.78, 5) is 0. The summed E-state index contributed by atoms with van der Waals surface area (Å²) in [6.45, 7) is -0.703. The molecule has 0 radical (unpaired) electrons. The molecule has 0 heterocycles. The first-order valence-corrected chi connectivity index (χ1v) is 4.05. The number of hydrogen-bond donors (Lipinski definition) is 6. The summed E-state index contributed by atoms with van der Waals surface area (Å²) in [5, 5.41) is 46.1. The van der Waals surface area contributed by atoms with Gasteiger partial charge in [0, 0.05) is 6.04 Å². The van der Waals surface area contributed by atoms with E-state index in [0.29, 0.717) is 0 Å². The van der Waals surface area contributed by atoms with E-state index < -0.39 is 36.6 Å². The molecule has 78 valence electrons. The lowest BCUT2D eigenvalue weighted by Crippen LogP contribution is -2.66. The molecule has 1 rings (SSSR count). The lowest BCUT2D eigenvalue weighted by atomic mass is 9.77. The van der Waals surface area contributed by atoms with E-state index >= 15 is 0 Å². The molecule has 0 aromatic rings. The van der Waals surface area contributed by atoms with E-state index in [2.05, 4.69) is 0 Å². The molecule has 1 aliphatic rings. The first-order valence-electron chi connectivity index (χ1n) is 4.05. The average molecular weight is 193 g/mol. The van der Waals surface area contributed by atoms with Crippen LogP contribution in [0.25, 0.3) is 0 Å². The zero-order valence-corrected chi connectivity index (χ0v) is 7.04. The van der Waals surface area contributed by atoms with Gasteiger partial charge in [0.15, 0.2) is 0 Å². The molecule has 5 atom stereocenters. The molecule has 0 spiro atoms. The number of hydrogen-bond acceptors (Lipinski definition) is 6. The van der Waals surface area contributed by atoms with Crippen molar-refractivity contribution < 1.29 is 25.5 Å². The Morgan fingerprint density at radius 3 is 2.23 bits per heavy atom. The number of rotatable bonds is 1. The molecule has 13 heavy (non-hydrogen) atoms. The summed E-state index contributed by atoms with van der Waals surface area (Å²) in [7, 11) is 0. The van der Waals surface area contributed by atoms with Crippen LogP contribution < -0.4 is 5.73 Å². The Morgan fingerprint density at radius 1 is 1.23 bits per heavy atom. The Balaban J connectivity index is 2.82. The van der Waals surface area contributed by atoms with E-state index in [-0.39, 0.29) is 6.42 Å². The predicted octanol–water partition coefficient (Wildman–Crippen LogP) is -3.48. The molecule has 0 saturated heterocycles. The van der Waals surface area contributed by atoms with E-state index in [1.54, 1.807) is 0 Å². The van der Waals surface area contributed by atoms with Gasteiger partial charge in [-0.3, -0.25) is 0 Å². The standard InChI is InChI=1S/C7H15NO5/c8-3-1-7(13,2-9)6(12)5(11)4(3)10/h3-6,9-13H,1-2,8H2/t3-,4-,5+,6-,7-/m1/s1. The second-order valence-electron chi connectivity index (χ2n) is 3.56. The summed E-state index contributed by atoms with van der Waals surface area (Å²) in [5.74, 6) is 0. The van der Waals surface area contributed by atoms with Crippen LogP contribution in [0.1, 0.15) is 6.42 Å². The van der Waals surface area contributed by atoms with Gasteiger partial charge in [0.1, 0.15) is 17.8 Å². The van der Waals surface area contributed by atoms with Crippen molar-refractivity contribution in [3.8, 4) is 0 Å². The molecule has 0 unspecified atom stereocenters. The molecule has 0 aromatic heterocycles. The van der Waals surface area contributed by atoms with Gasteiger partial charge in [0.25, 0.3) is 0 Å². The third-order valence-electron chi connectivity index (χ3n) is 2.53. The van der Waals surface area contributed by atoms with Crippen molar-refractivity contribution in [2.75, 3.05) is 6.61 Å². The fraction of sp³-hybridized carbons (Fsp3) is 1.00. The van der Waals surface area contributed by atoms with Crippen molar-refractivity contribution in [3.63, 3.8) is 0 Å². The van der Waals surface area contributed by atoms with Crippen molar-refractivity contribution in [2.24, 2.45) is 5.73 Å². The molecule has 6 heteroatoms. The zero-order valence-electron chi connectivity index (χ0n) is 7.04. The van der Waals surface area contributed by atoms with E-state index in [1.165, 1.54) is 0 Å². The van der Waals surface area contributed by atoms with E-state index in [0.717, 1.165) is 0 Å². The fourth-order valence-electron chi connectivity index (χ4n) is 1.57. The third-order valence-corrected chi connectivity index (χ3v) is 2.53. The van der Waals surface area contributed by atoms with Crippen LogP contribution in [0.5, 0.6) is 0 Å². The summed E-state index contributed by atoms with van der Waals surface area (Å²) in [6.07, 6.45) is -4.53. The van der Waals surface area contributed by atoms with Crippen molar-refractivity contribution in [3.05, 3.63) is 0 Å². The fourth-order valence-corrected chi connectivity index (χ4v) is 1.57. The Bertz CT molecular complexity index is 190. The highest BCUT2D eigenvalue weighted by molar-refractivity contribution is 5.03. The van der Waals surface area contributed by atoms with Crippen LogP contribution in [0.4, 0.5) is 0 Å². The molecule has 0 aromatic carbocycles. The third kappa shape index (κ3) is 1.69. The smallest absolute Gasteiger partial charge is 0.118 e. The van der Waals surface area contributed by atoms with Gasteiger partial charge in [-0.05, 0) is 6.42 Å². The molecule has 1 fully saturated rings. The van der Waals surface area contributed by atoms with Crippen molar-refractivity contribution in [1.82, 2.24) is 0 Å². The molecule has 1 aliphatic carbocycles.